The van der Waals surface area contributed by atoms with Crippen molar-refractivity contribution in [3.63, 3.8) is 0 Å². The number of benzene rings is 6. The van der Waals surface area contributed by atoms with Crippen LogP contribution in [-0.2, 0) is 11.8 Å². The molecule has 144 heavy (non-hydrogen) atoms. The summed E-state index contributed by atoms with van der Waals surface area (Å²) < 4.78 is 72.6. The maximum Gasteiger partial charge on any atom is 0.318 e. The number of ether oxygens (including phenoxy) is 6. The van der Waals surface area contributed by atoms with Gasteiger partial charge in [0.05, 0.1) is 98.0 Å². The molecule has 32 nitrogen and oxygen atoms in total. The lowest BCUT2D eigenvalue weighted by atomic mass is 9.84. The summed E-state index contributed by atoms with van der Waals surface area (Å²) in [5, 5.41) is 2.55. The maximum atomic E-state index is 13.9. The van der Waals surface area contributed by atoms with Crippen molar-refractivity contribution in [1.82, 2.24) is 122 Å². The molecule has 19 aromatic rings. The van der Waals surface area contributed by atoms with Crippen LogP contribution in [0.15, 0.2) is 245 Å². The van der Waals surface area contributed by atoms with Gasteiger partial charge in [0.1, 0.15) is 100 Å². The Morgan fingerprint density at radius 1 is 0.389 bits per heavy atom. The molecule has 0 N–H and O–H groups in total. The van der Waals surface area contributed by atoms with Crippen LogP contribution in [0.5, 0.6) is 36.1 Å². The molecule has 0 amide bonds. The number of aryl methyl sites for hydroxylation is 2. The van der Waals surface area contributed by atoms with E-state index in [1.54, 1.807) is 83.9 Å². The standard InChI is InChI=1S/C21H19ClN4O.C19H15Cl2N5O.C18H12ClF2N5O.C17H18N4O.C16H15ClN4O.C13H15ClN4O/c1-21(2,15-8-4-3-5-9-15)13-27-20-23-12-16(22)19(25-20)26-14-24-17-10-6-7-11-18(17)26;1-11-5-13(6-11)27-19-23-8-16(22-2)18(25-19)26-9-17(24-10-26)12-3-4-14(20)15(21)7-12;19-12-9-23-18(27-8-6-11-3-1-2-7-22-11)25-17(12)26-10-24-16-14(26)5-4-13(20)15(16)21;1-11-7-13(8-11)22-17-18-9-12(2)16(20-17)21-10-19-14-5-3-4-6-15(14)21;1-10-6-11(7-10)22-16-18-8-12(17)15(20-16)21-9-19-13-4-2-3-5-14(13)21;1-8-3-10(4-8)19-13-15-5-11(14)12(17-13)18-6-9(2)16-7-18/h3-12,14H,13H2,1-2H3;3-4,7-11,13H,5-6H2,1H3;1-5,7,9-10H,6,8H2;3-6,9-11,13H,7-8H2,1-2H3;2-5,8-11H,6-7H2,1H3;5-8,10H,3-4H2,1-2H3. The first kappa shape index (κ1) is 99.3. The third-order valence-corrected chi connectivity index (χ3v) is 26.1. The molecule has 0 atom stereocenters. The molecular formula is C104H94Cl6F2N26O6. The van der Waals surface area contributed by atoms with Crippen LogP contribution in [0.1, 0.15) is 115 Å². The number of fused-ring (bicyclic) bond motifs is 4. The number of aromatic nitrogens is 25. The number of hydrogen-bond donors (Lipinski definition) is 0. The molecule has 4 saturated carbocycles. The van der Waals surface area contributed by atoms with Gasteiger partial charge < -0.3 is 28.4 Å². The van der Waals surface area contributed by atoms with E-state index in [0.29, 0.717) is 109 Å². The molecule has 6 aromatic carbocycles. The lowest BCUT2D eigenvalue weighted by Crippen LogP contribution is -2.32. The van der Waals surface area contributed by atoms with Gasteiger partial charge in [-0.05, 0) is 167 Å². The lowest BCUT2D eigenvalue weighted by molar-refractivity contribution is 0.0645. The predicted molar refractivity (Wildman–Crippen MR) is 546 cm³/mol. The molecule has 4 fully saturated rings. The molecule has 0 bridgehead atoms. The van der Waals surface area contributed by atoms with Crippen molar-refractivity contribution in [3.05, 3.63) is 321 Å². The molecule has 0 aliphatic heterocycles. The molecule has 732 valence electrons. The van der Waals surface area contributed by atoms with Crippen molar-refractivity contribution >= 4 is 119 Å². The van der Waals surface area contributed by atoms with Crippen molar-refractivity contribution < 1.29 is 37.2 Å². The van der Waals surface area contributed by atoms with Gasteiger partial charge in [-0.15, -0.1) is 0 Å². The maximum absolute atomic E-state index is 13.9. The van der Waals surface area contributed by atoms with Crippen molar-refractivity contribution in [1.29, 1.82) is 0 Å². The van der Waals surface area contributed by atoms with Crippen LogP contribution in [-0.4, -0.2) is 160 Å². The molecule has 4 aliphatic rings. The van der Waals surface area contributed by atoms with Crippen LogP contribution in [0.3, 0.4) is 0 Å². The highest BCUT2D eigenvalue weighted by atomic mass is 35.5. The molecule has 0 radical (unpaired) electrons. The Morgan fingerprint density at radius 2 is 0.819 bits per heavy atom. The highest BCUT2D eigenvalue weighted by Gasteiger charge is 2.33. The van der Waals surface area contributed by atoms with Gasteiger partial charge in [0, 0.05) is 59.6 Å². The minimum atomic E-state index is -1.02. The summed E-state index contributed by atoms with van der Waals surface area (Å²) in [7, 11) is 0. The first-order valence-electron chi connectivity index (χ1n) is 46.4. The van der Waals surface area contributed by atoms with Crippen molar-refractivity contribution in [2.24, 2.45) is 23.7 Å². The van der Waals surface area contributed by atoms with Crippen molar-refractivity contribution in [3.8, 4) is 82.2 Å². The Morgan fingerprint density at radius 3 is 1.32 bits per heavy atom. The molecule has 23 rings (SSSR count). The predicted octanol–water partition coefficient (Wildman–Crippen LogP) is 23.7. The van der Waals surface area contributed by atoms with E-state index in [-0.39, 0.29) is 64.2 Å². The number of pyridine rings is 1. The SMILES string of the molecule is CC(C)(COc1ncc(Cl)c(-n2cnc3ccccc32)n1)c1ccccc1.CC1CC(Oc2ncc(Cl)c(-n3cnc4ccccc43)n2)C1.Cc1cn(-c2nc(OC3CC(C)C3)ncc2Cl)cn1.Cc1cnc(OC2CC(C)C2)nc1-n1cnc2ccccc21.Fc1ccc2c(ncn2-c2nc(OCCc3ccccn3)ncc2Cl)c1F.[C-]#[N+]c1cnc(OC2CC(C)C2)nc1-n1cnc(-c2ccc(Cl)c(Cl)c2)c1. The van der Waals surface area contributed by atoms with Crippen LogP contribution in [0.2, 0.25) is 30.1 Å². The summed E-state index contributed by atoms with van der Waals surface area (Å²) in [5.74, 6) is 4.11. The lowest BCUT2D eigenvalue weighted by Gasteiger charge is -2.31. The van der Waals surface area contributed by atoms with E-state index in [1.165, 1.54) is 34.9 Å². The quantitative estimate of drug-likeness (QED) is 0.0537. The highest BCUT2D eigenvalue weighted by molar-refractivity contribution is 6.42. The zero-order chi connectivity index (χ0) is 100. The van der Waals surface area contributed by atoms with Crippen LogP contribution in [0.25, 0.3) is 95.1 Å². The minimum absolute atomic E-state index is 0.106. The molecule has 0 spiro atoms. The van der Waals surface area contributed by atoms with Gasteiger partial charge in [-0.2, -0.15) is 29.9 Å². The highest BCUT2D eigenvalue weighted by Crippen LogP contribution is 2.39. The van der Waals surface area contributed by atoms with E-state index in [9.17, 15) is 8.78 Å². The molecule has 0 unspecified atom stereocenters. The Labute approximate surface area is 856 Å². The second kappa shape index (κ2) is 44.8. The van der Waals surface area contributed by atoms with E-state index >= 15 is 0 Å². The zero-order valence-corrected chi connectivity index (χ0v) is 83.6. The minimum Gasteiger partial charge on any atom is -0.463 e. The summed E-state index contributed by atoms with van der Waals surface area (Å²) in [5.41, 5.74) is 11.5. The summed E-state index contributed by atoms with van der Waals surface area (Å²) in [6.45, 7) is 25.2. The zero-order valence-electron chi connectivity index (χ0n) is 79.1. The summed E-state index contributed by atoms with van der Waals surface area (Å²) in [6.07, 6.45) is 34.4. The number of halogens is 8. The first-order chi connectivity index (χ1) is 69.7. The fourth-order valence-corrected chi connectivity index (χ4v) is 17.4. The van der Waals surface area contributed by atoms with E-state index in [1.807, 2.05) is 155 Å². The first-order valence-corrected chi connectivity index (χ1v) is 48.7. The second-order valence-electron chi connectivity index (χ2n) is 36.0. The Kier molecular flexibility index (Phi) is 30.9. The summed E-state index contributed by atoms with van der Waals surface area (Å²) >= 11 is 37.0. The van der Waals surface area contributed by atoms with E-state index in [4.69, 9.17) is 105 Å². The Balaban J connectivity index is 0.000000114. The van der Waals surface area contributed by atoms with Gasteiger partial charge in [0.25, 0.3) is 0 Å². The van der Waals surface area contributed by atoms with Gasteiger partial charge in [-0.25, -0.2) is 73.4 Å². The summed E-state index contributed by atoms with van der Waals surface area (Å²) in [4.78, 5) is 85.0. The Bertz CT molecular complexity index is 7640. The largest absolute Gasteiger partial charge is 0.463 e. The van der Waals surface area contributed by atoms with E-state index < -0.39 is 11.6 Å². The molecular weight excluding hydrogens is 1960 g/mol. The molecule has 13 aromatic heterocycles. The number of nitrogens with zero attached hydrogens (tertiary/aromatic N) is 26. The fraction of sp³-hybridized carbons (Fsp3) is 0.269. The third kappa shape index (κ3) is 23.7. The number of para-hydroxylation sites is 6. The van der Waals surface area contributed by atoms with Gasteiger partial charge in [0.2, 0.25) is 5.69 Å². The van der Waals surface area contributed by atoms with Crippen LogP contribution in [0, 0.1) is 55.7 Å². The second-order valence-corrected chi connectivity index (χ2v) is 38.5. The average Bonchev–Trinajstić information content (AvgIpc) is 1.63. The monoisotopic (exact) mass is 2050 g/mol. The van der Waals surface area contributed by atoms with Gasteiger partial charge >= 0.3 is 36.1 Å². The number of imidazole rings is 6. The van der Waals surface area contributed by atoms with E-state index in [0.717, 1.165) is 137 Å². The number of hydrogen-bond acceptors (Lipinski definition) is 25. The van der Waals surface area contributed by atoms with Crippen molar-refractivity contribution in [2.45, 2.75) is 143 Å². The number of rotatable bonds is 23. The van der Waals surface area contributed by atoms with Crippen LogP contribution in [0.4, 0.5) is 14.5 Å². The van der Waals surface area contributed by atoms with Gasteiger partial charge in [0.15, 0.2) is 40.7 Å². The summed E-state index contributed by atoms with van der Waals surface area (Å²) in [6, 6.07) is 49.2. The van der Waals surface area contributed by atoms with Crippen molar-refractivity contribution in [2.75, 3.05) is 13.2 Å². The molecule has 13 heterocycles. The normalized spacial score (nSPS) is 17.0. The average molecular weight is 2050 g/mol. The smallest absolute Gasteiger partial charge is 0.318 e. The van der Waals surface area contributed by atoms with Gasteiger partial charge in [-0.1, -0.05) is 190 Å². The van der Waals surface area contributed by atoms with Crippen LogP contribution < -0.4 is 28.4 Å². The van der Waals surface area contributed by atoms with Crippen LogP contribution >= 0.6 is 69.6 Å². The molecule has 0 saturated heterocycles. The van der Waals surface area contributed by atoms with E-state index in [2.05, 4.69) is 153 Å². The topological polar surface area (TPSA) is 334 Å². The molecule has 40 heteroatoms. The third-order valence-electron chi connectivity index (χ3n) is 24.3. The Hall–Kier alpha value is -14.9. The fourth-order valence-electron chi connectivity index (χ4n) is 16.4. The molecule has 4 aliphatic carbocycles. The van der Waals surface area contributed by atoms with Gasteiger partial charge in [-0.3, -0.25) is 32.4 Å².